The van der Waals surface area contributed by atoms with Crippen LogP contribution >= 0.6 is 11.3 Å². The van der Waals surface area contributed by atoms with E-state index in [-0.39, 0.29) is 17.7 Å². The Hall–Kier alpha value is -2.41. The number of methoxy groups -OCH3 is 1. The molecule has 0 fully saturated rings. The minimum Gasteiger partial charge on any atom is -0.481 e. The van der Waals surface area contributed by atoms with Gasteiger partial charge in [0.2, 0.25) is 11.8 Å². The highest BCUT2D eigenvalue weighted by Crippen LogP contribution is 2.14. The molecule has 7 heteroatoms. The molecule has 23 heavy (non-hydrogen) atoms. The van der Waals surface area contributed by atoms with Crippen molar-refractivity contribution in [2.75, 3.05) is 12.4 Å². The van der Waals surface area contributed by atoms with Crippen molar-refractivity contribution in [2.24, 2.45) is 5.92 Å². The highest BCUT2D eigenvalue weighted by molar-refractivity contribution is 7.12. The molecule has 0 radical (unpaired) electrons. The van der Waals surface area contributed by atoms with Crippen molar-refractivity contribution in [1.29, 1.82) is 0 Å². The van der Waals surface area contributed by atoms with Gasteiger partial charge in [0.1, 0.15) is 6.04 Å². The molecule has 0 aliphatic heterocycles. The molecule has 0 aliphatic rings. The molecule has 1 atom stereocenters. The van der Waals surface area contributed by atoms with E-state index in [4.69, 9.17) is 4.74 Å². The molecule has 1 unspecified atom stereocenters. The van der Waals surface area contributed by atoms with Crippen LogP contribution in [-0.4, -0.2) is 29.9 Å². The second-order valence-electron chi connectivity index (χ2n) is 5.25. The predicted molar refractivity (Wildman–Crippen MR) is 89.8 cm³/mol. The van der Waals surface area contributed by atoms with Crippen LogP contribution < -0.4 is 15.4 Å². The van der Waals surface area contributed by atoms with E-state index in [1.165, 1.54) is 24.6 Å². The van der Waals surface area contributed by atoms with Crippen LogP contribution in [-0.2, 0) is 4.79 Å². The summed E-state index contributed by atoms with van der Waals surface area (Å²) in [6.07, 6.45) is 1.51. The summed E-state index contributed by atoms with van der Waals surface area (Å²) in [5, 5.41) is 7.35. The fourth-order valence-corrected chi connectivity index (χ4v) is 2.58. The van der Waals surface area contributed by atoms with Gasteiger partial charge in [-0.1, -0.05) is 19.9 Å². The molecule has 0 saturated heterocycles. The second kappa shape index (κ2) is 7.73. The Morgan fingerprint density at radius 1 is 1.26 bits per heavy atom. The van der Waals surface area contributed by atoms with Gasteiger partial charge in [0.15, 0.2) is 0 Å². The lowest BCUT2D eigenvalue weighted by Gasteiger charge is -2.21. The van der Waals surface area contributed by atoms with Gasteiger partial charge in [0.05, 0.1) is 23.9 Å². The number of nitrogens with zero attached hydrogens (tertiary/aromatic N) is 1. The molecule has 0 saturated carbocycles. The number of nitrogens with one attached hydrogen (secondary N) is 2. The predicted octanol–water partition coefficient (Wildman–Crippen LogP) is 2.54. The van der Waals surface area contributed by atoms with Crippen molar-refractivity contribution < 1.29 is 14.3 Å². The zero-order valence-electron chi connectivity index (χ0n) is 13.2. The molecule has 2 aromatic rings. The summed E-state index contributed by atoms with van der Waals surface area (Å²) in [5.41, 5.74) is 0.548. The number of carbonyl (C=O) groups excluding carboxylic acids is 2. The van der Waals surface area contributed by atoms with Crippen LogP contribution in [0.2, 0.25) is 0 Å². The number of thiophene rings is 1. The van der Waals surface area contributed by atoms with Gasteiger partial charge in [0, 0.05) is 6.07 Å². The lowest BCUT2D eigenvalue weighted by Crippen LogP contribution is -2.46. The van der Waals surface area contributed by atoms with Crippen LogP contribution in [0.15, 0.2) is 35.8 Å². The molecular formula is C16H19N3O3S. The summed E-state index contributed by atoms with van der Waals surface area (Å²) >= 11 is 1.34. The molecule has 2 heterocycles. The fourth-order valence-electron chi connectivity index (χ4n) is 1.95. The van der Waals surface area contributed by atoms with E-state index < -0.39 is 6.04 Å². The number of hydrogen-bond donors (Lipinski definition) is 2. The third-order valence-electron chi connectivity index (χ3n) is 3.19. The van der Waals surface area contributed by atoms with Crippen LogP contribution in [0.1, 0.15) is 23.5 Å². The van der Waals surface area contributed by atoms with E-state index in [1.807, 2.05) is 19.2 Å². The second-order valence-corrected chi connectivity index (χ2v) is 6.20. The molecule has 2 amide bonds. The summed E-state index contributed by atoms with van der Waals surface area (Å²) in [6.45, 7) is 3.76. The number of anilines is 1. The largest absolute Gasteiger partial charge is 0.481 e. The Balaban J connectivity index is 2.04. The molecule has 122 valence electrons. The zero-order valence-corrected chi connectivity index (χ0v) is 14.0. The number of amides is 2. The summed E-state index contributed by atoms with van der Waals surface area (Å²) in [5.74, 6) is -0.113. The van der Waals surface area contributed by atoms with E-state index in [0.29, 0.717) is 16.4 Å². The van der Waals surface area contributed by atoms with Crippen molar-refractivity contribution >= 4 is 28.8 Å². The molecule has 2 N–H and O–H groups in total. The molecular weight excluding hydrogens is 314 g/mol. The summed E-state index contributed by atoms with van der Waals surface area (Å²) in [4.78, 5) is 29.2. The monoisotopic (exact) mass is 333 g/mol. The summed E-state index contributed by atoms with van der Waals surface area (Å²) in [6, 6.07) is 6.24. The lowest BCUT2D eigenvalue weighted by molar-refractivity contribution is -0.118. The van der Waals surface area contributed by atoms with E-state index in [2.05, 4.69) is 15.6 Å². The first-order chi connectivity index (χ1) is 11.0. The van der Waals surface area contributed by atoms with Crippen LogP contribution in [0.3, 0.4) is 0 Å². The average molecular weight is 333 g/mol. The normalized spacial score (nSPS) is 11.8. The van der Waals surface area contributed by atoms with Crippen LogP contribution in [0.5, 0.6) is 5.88 Å². The maximum absolute atomic E-state index is 12.4. The van der Waals surface area contributed by atoms with Gasteiger partial charge in [-0.15, -0.1) is 11.3 Å². The van der Waals surface area contributed by atoms with E-state index in [9.17, 15) is 9.59 Å². The van der Waals surface area contributed by atoms with Gasteiger partial charge in [-0.2, -0.15) is 0 Å². The van der Waals surface area contributed by atoms with Gasteiger partial charge >= 0.3 is 0 Å². The Morgan fingerprint density at radius 2 is 2.04 bits per heavy atom. The molecule has 0 aromatic carbocycles. The maximum atomic E-state index is 12.4. The molecule has 6 nitrogen and oxygen atoms in total. The van der Waals surface area contributed by atoms with Crippen molar-refractivity contribution in [2.45, 2.75) is 19.9 Å². The molecule has 2 aromatic heterocycles. The quantitative estimate of drug-likeness (QED) is 0.851. The van der Waals surface area contributed by atoms with Crippen LogP contribution in [0.4, 0.5) is 5.69 Å². The van der Waals surface area contributed by atoms with Crippen molar-refractivity contribution in [3.8, 4) is 5.88 Å². The highest BCUT2D eigenvalue weighted by atomic mass is 32.1. The minimum absolute atomic E-state index is 0.0508. The number of aromatic nitrogens is 1. The van der Waals surface area contributed by atoms with Crippen LogP contribution in [0.25, 0.3) is 0 Å². The van der Waals surface area contributed by atoms with Crippen molar-refractivity contribution in [1.82, 2.24) is 10.3 Å². The average Bonchev–Trinajstić information content (AvgIpc) is 3.07. The van der Waals surface area contributed by atoms with E-state index in [1.54, 1.807) is 24.3 Å². The zero-order chi connectivity index (χ0) is 16.8. The van der Waals surface area contributed by atoms with Crippen molar-refractivity contribution in [3.05, 3.63) is 40.7 Å². The Labute approximate surface area is 138 Å². The molecule has 2 rings (SSSR count). The lowest BCUT2D eigenvalue weighted by atomic mass is 10.0. The summed E-state index contributed by atoms with van der Waals surface area (Å²) in [7, 11) is 1.52. The number of ether oxygens (including phenoxy) is 1. The van der Waals surface area contributed by atoms with E-state index >= 15 is 0 Å². The topological polar surface area (TPSA) is 80.3 Å². The maximum Gasteiger partial charge on any atom is 0.262 e. The smallest absolute Gasteiger partial charge is 0.262 e. The van der Waals surface area contributed by atoms with Gasteiger partial charge in [-0.05, 0) is 23.4 Å². The van der Waals surface area contributed by atoms with Gasteiger partial charge in [0.25, 0.3) is 5.91 Å². The third kappa shape index (κ3) is 4.53. The minimum atomic E-state index is -0.633. The molecule has 0 bridgehead atoms. The number of rotatable bonds is 6. The Bertz CT molecular complexity index is 654. The first kappa shape index (κ1) is 17.0. The van der Waals surface area contributed by atoms with E-state index in [0.717, 1.165) is 0 Å². The Morgan fingerprint density at radius 3 is 2.57 bits per heavy atom. The van der Waals surface area contributed by atoms with Crippen molar-refractivity contribution in [3.63, 3.8) is 0 Å². The number of carbonyl (C=O) groups is 2. The first-order valence-corrected chi connectivity index (χ1v) is 8.04. The first-order valence-electron chi connectivity index (χ1n) is 7.16. The molecule has 0 aliphatic carbocycles. The Kier molecular flexibility index (Phi) is 5.70. The number of pyridine rings is 1. The third-order valence-corrected chi connectivity index (χ3v) is 4.06. The SMILES string of the molecule is COc1ccc(NC(=O)C(NC(=O)c2cccs2)C(C)C)cn1. The summed E-state index contributed by atoms with van der Waals surface area (Å²) < 4.78 is 4.97. The molecule has 0 spiro atoms. The van der Waals surface area contributed by atoms with Crippen LogP contribution in [0, 0.1) is 5.92 Å². The standard InChI is InChI=1S/C16H19N3O3S/c1-10(2)14(19-15(20)12-5-4-8-23-12)16(21)18-11-6-7-13(22-3)17-9-11/h4-10,14H,1-3H3,(H,18,21)(H,19,20). The highest BCUT2D eigenvalue weighted by Gasteiger charge is 2.25. The fraction of sp³-hybridized carbons (Fsp3) is 0.312. The van der Waals surface area contributed by atoms with Gasteiger partial charge in [-0.25, -0.2) is 4.98 Å². The van der Waals surface area contributed by atoms with Gasteiger partial charge in [-0.3, -0.25) is 9.59 Å². The number of hydrogen-bond acceptors (Lipinski definition) is 5. The van der Waals surface area contributed by atoms with Gasteiger partial charge < -0.3 is 15.4 Å².